The molecule has 1 aliphatic heterocycles. The summed E-state index contributed by atoms with van der Waals surface area (Å²) in [5, 5.41) is 3.22. The number of hydrogen-bond donors (Lipinski definition) is 1. The van der Waals surface area contributed by atoms with Crippen LogP contribution in [-0.4, -0.2) is 45.1 Å². The fourth-order valence-corrected chi connectivity index (χ4v) is 3.92. The molecular weight excluding hydrogens is 292 g/mol. The monoisotopic (exact) mass is 316 g/mol. The van der Waals surface area contributed by atoms with Gasteiger partial charge in [0.1, 0.15) is 16.4 Å². The molecule has 0 bridgehead atoms. The van der Waals surface area contributed by atoms with Gasteiger partial charge in [-0.05, 0) is 13.3 Å². The van der Waals surface area contributed by atoms with Gasteiger partial charge in [-0.15, -0.1) is 0 Å². The maximum absolute atomic E-state index is 12.7. The van der Waals surface area contributed by atoms with Gasteiger partial charge >= 0.3 is 0 Å². The molecule has 0 amide bonds. The van der Waals surface area contributed by atoms with Crippen LogP contribution in [-0.2, 0) is 21.3 Å². The number of hydrogen-bond acceptors (Lipinski definition) is 5. The lowest BCUT2D eigenvalue weighted by Gasteiger charge is -2.18. The SMILES string of the molecule is Cc1oc(CNC(C)C)cc1S(=O)(=O)N1CCCOCC1. The minimum Gasteiger partial charge on any atom is -0.464 e. The molecule has 7 heteroatoms. The normalized spacial score (nSPS) is 18.1. The lowest BCUT2D eigenvalue weighted by atomic mass is 10.3. The van der Waals surface area contributed by atoms with Gasteiger partial charge in [-0.25, -0.2) is 8.42 Å². The van der Waals surface area contributed by atoms with E-state index in [9.17, 15) is 8.42 Å². The predicted molar refractivity (Wildman–Crippen MR) is 79.6 cm³/mol. The van der Waals surface area contributed by atoms with Gasteiger partial charge < -0.3 is 14.5 Å². The van der Waals surface area contributed by atoms with Crippen molar-refractivity contribution >= 4 is 10.0 Å². The molecule has 120 valence electrons. The highest BCUT2D eigenvalue weighted by molar-refractivity contribution is 7.89. The smallest absolute Gasteiger partial charge is 0.246 e. The second-order valence-corrected chi connectivity index (χ2v) is 7.45. The highest BCUT2D eigenvalue weighted by Crippen LogP contribution is 2.24. The van der Waals surface area contributed by atoms with Gasteiger partial charge in [0.15, 0.2) is 0 Å². The van der Waals surface area contributed by atoms with Gasteiger partial charge in [0.2, 0.25) is 10.0 Å². The number of sulfonamides is 1. The Morgan fingerprint density at radius 3 is 2.81 bits per heavy atom. The van der Waals surface area contributed by atoms with Crippen LogP contribution in [0, 0.1) is 6.92 Å². The Balaban J connectivity index is 2.19. The summed E-state index contributed by atoms with van der Waals surface area (Å²) in [5.74, 6) is 1.09. The third-order valence-electron chi connectivity index (χ3n) is 3.41. The van der Waals surface area contributed by atoms with E-state index in [2.05, 4.69) is 5.32 Å². The van der Waals surface area contributed by atoms with Crippen molar-refractivity contribution in [3.63, 3.8) is 0 Å². The van der Waals surface area contributed by atoms with Crippen LogP contribution in [0.2, 0.25) is 0 Å². The molecule has 2 rings (SSSR count). The van der Waals surface area contributed by atoms with Crippen LogP contribution in [0.4, 0.5) is 0 Å². The fourth-order valence-electron chi connectivity index (χ4n) is 2.27. The first kappa shape index (κ1) is 16.5. The maximum atomic E-state index is 12.7. The summed E-state index contributed by atoms with van der Waals surface area (Å²) >= 11 is 0. The molecule has 1 aromatic rings. The van der Waals surface area contributed by atoms with E-state index in [0.29, 0.717) is 50.4 Å². The van der Waals surface area contributed by atoms with E-state index < -0.39 is 10.0 Å². The first-order chi connectivity index (χ1) is 9.91. The van der Waals surface area contributed by atoms with Crippen LogP contribution < -0.4 is 5.32 Å². The standard InChI is InChI=1S/C14H24N2O4S/c1-11(2)15-10-13-9-14(12(3)20-13)21(17,18)16-5-4-7-19-8-6-16/h9,11,15H,4-8,10H2,1-3H3. The van der Waals surface area contributed by atoms with E-state index in [-0.39, 0.29) is 4.90 Å². The zero-order valence-corrected chi connectivity index (χ0v) is 13.7. The quantitative estimate of drug-likeness (QED) is 0.891. The topological polar surface area (TPSA) is 71.8 Å². The van der Waals surface area contributed by atoms with Crippen molar-refractivity contribution in [1.29, 1.82) is 0 Å². The number of nitrogens with one attached hydrogen (secondary N) is 1. The van der Waals surface area contributed by atoms with Crippen LogP contribution in [0.15, 0.2) is 15.4 Å². The molecule has 1 saturated heterocycles. The molecule has 1 aliphatic rings. The summed E-state index contributed by atoms with van der Waals surface area (Å²) < 4.78 is 37.8. The average Bonchev–Trinajstić information content (AvgIpc) is 2.64. The Hall–Kier alpha value is -0.890. The summed E-state index contributed by atoms with van der Waals surface area (Å²) in [4.78, 5) is 0.268. The number of rotatable bonds is 5. The van der Waals surface area contributed by atoms with Crippen molar-refractivity contribution in [2.45, 2.75) is 44.7 Å². The van der Waals surface area contributed by atoms with E-state index in [1.807, 2.05) is 13.8 Å². The van der Waals surface area contributed by atoms with Crippen molar-refractivity contribution in [2.75, 3.05) is 26.3 Å². The van der Waals surface area contributed by atoms with E-state index in [4.69, 9.17) is 9.15 Å². The zero-order chi connectivity index (χ0) is 15.5. The maximum Gasteiger partial charge on any atom is 0.246 e. The van der Waals surface area contributed by atoms with Crippen LogP contribution in [0.1, 0.15) is 31.8 Å². The molecule has 1 N–H and O–H groups in total. The molecule has 0 atom stereocenters. The third-order valence-corrected chi connectivity index (χ3v) is 5.41. The Bertz CT molecular complexity index is 558. The summed E-state index contributed by atoms with van der Waals surface area (Å²) in [6.07, 6.45) is 0.720. The predicted octanol–water partition coefficient (Wildman–Crippen LogP) is 1.50. The molecule has 1 aromatic heterocycles. The van der Waals surface area contributed by atoms with E-state index >= 15 is 0 Å². The highest BCUT2D eigenvalue weighted by atomic mass is 32.2. The molecule has 0 spiro atoms. The Morgan fingerprint density at radius 1 is 1.33 bits per heavy atom. The lowest BCUT2D eigenvalue weighted by molar-refractivity contribution is 0.148. The average molecular weight is 316 g/mol. The molecule has 2 heterocycles. The summed E-state index contributed by atoms with van der Waals surface area (Å²) in [5.41, 5.74) is 0. The molecule has 0 radical (unpaired) electrons. The molecule has 1 fully saturated rings. The van der Waals surface area contributed by atoms with E-state index in [1.165, 1.54) is 4.31 Å². The largest absolute Gasteiger partial charge is 0.464 e. The second-order valence-electron chi connectivity index (χ2n) is 5.54. The fraction of sp³-hybridized carbons (Fsp3) is 0.714. The van der Waals surface area contributed by atoms with Gasteiger partial charge in [-0.2, -0.15) is 4.31 Å². The lowest BCUT2D eigenvalue weighted by Crippen LogP contribution is -2.33. The Morgan fingerprint density at radius 2 is 2.10 bits per heavy atom. The van der Waals surface area contributed by atoms with Crippen molar-refractivity contribution < 1.29 is 17.6 Å². The van der Waals surface area contributed by atoms with Crippen LogP contribution >= 0.6 is 0 Å². The van der Waals surface area contributed by atoms with Gasteiger partial charge in [-0.3, -0.25) is 0 Å². The molecule has 21 heavy (non-hydrogen) atoms. The van der Waals surface area contributed by atoms with Crippen molar-refractivity contribution in [3.8, 4) is 0 Å². The summed E-state index contributed by atoms with van der Waals surface area (Å²) in [7, 11) is -3.50. The minimum atomic E-state index is -3.50. The van der Waals surface area contributed by atoms with Gasteiger partial charge in [0, 0.05) is 31.8 Å². The van der Waals surface area contributed by atoms with Crippen molar-refractivity contribution in [3.05, 3.63) is 17.6 Å². The van der Waals surface area contributed by atoms with Crippen LogP contribution in [0.25, 0.3) is 0 Å². The van der Waals surface area contributed by atoms with Crippen molar-refractivity contribution in [2.24, 2.45) is 0 Å². The first-order valence-electron chi connectivity index (χ1n) is 7.32. The number of nitrogens with zero attached hydrogens (tertiary/aromatic N) is 1. The summed E-state index contributed by atoms with van der Waals surface area (Å²) in [6.45, 7) is 8.23. The number of ether oxygens (including phenoxy) is 1. The minimum absolute atomic E-state index is 0.268. The second kappa shape index (κ2) is 6.91. The van der Waals surface area contributed by atoms with Crippen LogP contribution in [0.3, 0.4) is 0 Å². The Labute approximate surface area is 126 Å². The number of furan rings is 1. The summed E-state index contributed by atoms with van der Waals surface area (Å²) in [6, 6.07) is 1.95. The molecular formula is C14H24N2O4S. The van der Waals surface area contributed by atoms with Gasteiger partial charge in [0.25, 0.3) is 0 Å². The molecule has 0 saturated carbocycles. The van der Waals surface area contributed by atoms with E-state index in [1.54, 1.807) is 13.0 Å². The van der Waals surface area contributed by atoms with Gasteiger partial charge in [0.05, 0.1) is 13.2 Å². The van der Waals surface area contributed by atoms with Gasteiger partial charge in [-0.1, -0.05) is 13.8 Å². The third kappa shape index (κ3) is 4.06. The molecule has 0 aliphatic carbocycles. The van der Waals surface area contributed by atoms with Crippen LogP contribution in [0.5, 0.6) is 0 Å². The highest BCUT2D eigenvalue weighted by Gasteiger charge is 2.29. The number of aryl methyl sites for hydroxylation is 1. The Kier molecular flexibility index (Phi) is 5.43. The first-order valence-corrected chi connectivity index (χ1v) is 8.76. The molecule has 0 aromatic carbocycles. The zero-order valence-electron chi connectivity index (χ0n) is 12.9. The molecule has 0 unspecified atom stereocenters. The van der Waals surface area contributed by atoms with Crippen molar-refractivity contribution in [1.82, 2.24) is 9.62 Å². The van der Waals surface area contributed by atoms with E-state index in [0.717, 1.165) is 6.42 Å². The molecule has 6 nitrogen and oxygen atoms in total.